The number of H-pyrrole nitrogens is 1. The number of hydrogen-bond acceptors (Lipinski definition) is 5. The van der Waals surface area contributed by atoms with Crippen molar-refractivity contribution in [1.82, 2.24) is 25.0 Å². The lowest BCUT2D eigenvalue weighted by Gasteiger charge is -2.14. The summed E-state index contributed by atoms with van der Waals surface area (Å²) in [5.74, 6) is -0.645. The van der Waals surface area contributed by atoms with E-state index < -0.39 is 5.97 Å². The van der Waals surface area contributed by atoms with Crippen LogP contribution in [0.25, 0.3) is 11.0 Å². The highest BCUT2D eigenvalue weighted by molar-refractivity contribution is 6.03. The number of nitrogens with one attached hydrogen (secondary N) is 1. The Bertz CT molecular complexity index is 987. The van der Waals surface area contributed by atoms with Crippen LogP contribution in [0.4, 0.5) is 0 Å². The van der Waals surface area contributed by atoms with Crippen molar-refractivity contribution in [2.45, 2.75) is 26.8 Å². The van der Waals surface area contributed by atoms with Crippen LogP contribution in [0.2, 0.25) is 0 Å². The first-order chi connectivity index (χ1) is 12.1. The molecule has 2 aromatic heterocycles. The molecule has 1 aromatic carbocycles. The summed E-state index contributed by atoms with van der Waals surface area (Å²) < 4.78 is 0. The maximum Gasteiger partial charge on any atom is 0.382 e. The van der Waals surface area contributed by atoms with Crippen LogP contribution in [-0.2, 0) is 6.54 Å². The second-order valence-corrected chi connectivity index (χ2v) is 6.04. The lowest BCUT2D eigenvalue weighted by molar-refractivity contribution is 0.0401. The average molecular weight is 339 g/mol. The fourth-order valence-corrected chi connectivity index (χ4v) is 3.18. The van der Waals surface area contributed by atoms with E-state index in [0.29, 0.717) is 35.2 Å². The molecule has 1 aliphatic rings. The van der Waals surface area contributed by atoms with Gasteiger partial charge in [0.2, 0.25) is 0 Å². The van der Waals surface area contributed by atoms with Gasteiger partial charge in [0.25, 0.3) is 5.91 Å². The SMILES string of the molecule is CCCN1Cc2[nH]c(C(=O)On3nnc4ccccc43)c(C)c2C1=O. The molecule has 0 radical (unpaired) electrons. The van der Waals surface area contributed by atoms with Crippen LogP contribution in [0, 0.1) is 6.92 Å². The van der Waals surface area contributed by atoms with Crippen LogP contribution in [0.1, 0.15) is 45.4 Å². The molecule has 8 heteroatoms. The van der Waals surface area contributed by atoms with E-state index in [9.17, 15) is 9.59 Å². The summed E-state index contributed by atoms with van der Waals surface area (Å²) in [6, 6.07) is 7.18. The van der Waals surface area contributed by atoms with Gasteiger partial charge in [-0.05, 0) is 36.3 Å². The molecule has 0 spiro atoms. The zero-order chi connectivity index (χ0) is 17.6. The van der Waals surface area contributed by atoms with Crippen molar-refractivity contribution >= 4 is 22.9 Å². The van der Waals surface area contributed by atoms with Gasteiger partial charge in [-0.15, -0.1) is 5.10 Å². The van der Waals surface area contributed by atoms with Crippen LogP contribution in [0.3, 0.4) is 0 Å². The highest BCUT2D eigenvalue weighted by atomic mass is 16.7. The lowest BCUT2D eigenvalue weighted by Crippen LogP contribution is -2.26. The Morgan fingerprint density at radius 1 is 1.36 bits per heavy atom. The molecular formula is C17H17N5O3. The van der Waals surface area contributed by atoms with E-state index in [0.717, 1.165) is 17.0 Å². The van der Waals surface area contributed by atoms with Crippen molar-refractivity contribution < 1.29 is 14.4 Å². The number of aromatic amines is 1. The van der Waals surface area contributed by atoms with Gasteiger partial charge in [0.1, 0.15) is 16.7 Å². The van der Waals surface area contributed by atoms with Crippen molar-refractivity contribution in [3.63, 3.8) is 0 Å². The Balaban J connectivity index is 1.61. The van der Waals surface area contributed by atoms with E-state index in [1.54, 1.807) is 24.0 Å². The summed E-state index contributed by atoms with van der Waals surface area (Å²) in [5, 5.41) is 7.78. The van der Waals surface area contributed by atoms with Crippen LogP contribution in [0.5, 0.6) is 0 Å². The molecule has 8 nitrogen and oxygen atoms in total. The van der Waals surface area contributed by atoms with E-state index in [-0.39, 0.29) is 11.6 Å². The number of rotatable bonds is 4. The number of carbonyl (C=O) groups excluding carboxylic acids is 2. The zero-order valence-corrected chi connectivity index (χ0v) is 13.9. The topological polar surface area (TPSA) is 93.1 Å². The number of para-hydroxylation sites is 1. The standard InChI is InChI=1S/C17H17N5O3/c1-3-8-21-9-12-14(16(21)23)10(2)15(18-12)17(24)25-22-13-7-5-4-6-11(13)19-20-22/h4-7,18H,3,8-9H2,1-2H3. The first kappa shape index (κ1) is 15.4. The monoisotopic (exact) mass is 339 g/mol. The van der Waals surface area contributed by atoms with Crippen molar-refractivity contribution in [3.8, 4) is 0 Å². The van der Waals surface area contributed by atoms with Crippen molar-refractivity contribution in [2.24, 2.45) is 0 Å². The van der Waals surface area contributed by atoms with E-state index in [1.807, 2.05) is 19.1 Å². The third-order valence-electron chi connectivity index (χ3n) is 4.37. The molecule has 3 aromatic rings. The fraction of sp³-hybridized carbons (Fsp3) is 0.294. The normalized spacial score (nSPS) is 13.5. The number of aromatic nitrogens is 4. The second-order valence-electron chi connectivity index (χ2n) is 6.04. The van der Waals surface area contributed by atoms with Crippen LogP contribution in [0.15, 0.2) is 24.3 Å². The van der Waals surface area contributed by atoms with Gasteiger partial charge < -0.3 is 14.7 Å². The molecule has 25 heavy (non-hydrogen) atoms. The summed E-state index contributed by atoms with van der Waals surface area (Å²) in [5.41, 5.74) is 3.43. The third kappa shape index (κ3) is 2.37. The number of nitrogens with zero attached hydrogens (tertiary/aromatic N) is 4. The molecule has 0 saturated heterocycles. The van der Waals surface area contributed by atoms with Crippen molar-refractivity contribution in [1.29, 1.82) is 0 Å². The number of benzene rings is 1. The summed E-state index contributed by atoms with van der Waals surface area (Å²) in [4.78, 5) is 36.2. The Morgan fingerprint density at radius 3 is 2.92 bits per heavy atom. The Labute approximate surface area is 143 Å². The summed E-state index contributed by atoms with van der Waals surface area (Å²) >= 11 is 0. The fourth-order valence-electron chi connectivity index (χ4n) is 3.18. The van der Waals surface area contributed by atoms with Gasteiger partial charge >= 0.3 is 5.97 Å². The third-order valence-corrected chi connectivity index (χ3v) is 4.37. The molecule has 0 aliphatic carbocycles. The molecular weight excluding hydrogens is 322 g/mol. The molecule has 128 valence electrons. The van der Waals surface area contributed by atoms with Crippen LogP contribution in [-0.4, -0.2) is 43.5 Å². The molecule has 0 atom stereocenters. The summed E-state index contributed by atoms with van der Waals surface area (Å²) in [6.45, 7) is 4.96. The number of fused-ring (bicyclic) bond motifs is 2. The summed E-state index contributed by atoms with van der Waals surface area (Å²) in [7, 11) is 0. The smallest absolute Gasteiger partial charge is 0.351 e. The maximum atomic E-state index is 12.5. The molecule has 1 amide bonds. The van der Waals surface area contributed by atoms with Gasteiger partial charge in [-0.1, -0.05) is 23.9 Å². The first-order valence-electron chi connectivity index (χ1n) is 8.14. The molecule has 0 fully saturated rings. The predicted molar refractivity (Wildman–Crippen MR) is 89.0 cm³/mol. The van der Waals surface area contributed by atoms with Crippen molar-refractivity contribution in [3.05, 3.63) is 46.8 Å². The van der Waals surface area contributed by atoms with E-state index in [1.165, 1.54) is 0 Å². The highest BCUT2D eigenvalue weighted by Crippen LogP contribution is 2.28. The van der Waals surface area contributed by atoms with Crippen LogP contribution >= 0.6 is 0 Å². The second kappa shape index (κ2) is 5.73. The minimum atomic E-state index is -0.600. The van der Waals surface area contributed by atoms with E-state index >= 15 is 0 Å². The quantitative estimate of drug-likeness (QED) is 0.730. The molecule has 0 unspecified atom stereocenters. The summed E-state index contributed by atoms with van der Waals surface area (Å²) in [6.07, 6.45) is 0.892. The van der Waals surface area contributed by atoms with Gasteiger partial charge in [0.15, 0.2) is 0 Å². The maximum absolute atomic E-state index is 12.5. The molecule has 0 bridgehead atoms. The van der Waals surface area contributed by atoms with Gasteiger partial charge in [-0.2, -0.15) is 0 Å². The zero-order valence-electron chi connectivity index (χ0n) is 13.9. The van der Waals surface area contributed by atoms with Gasteiger partial charge in [-0.25, -0.2) is 4.79 Å². The predicted octanol–water partition coefficient (Wildman–Crippen LogP) is 1.70. The number of amides is 1. The lowest BCUT2D eigenvalue weighted by atomic mass is 10.1. The number of carbonyl (C=O) groups is 2. The Kier molecular flexibility index (Phi) is 3.52. The minimum Gasteiger partial charge on any atom is -0.351 e. The van der Waals surface area contributed by atoms with Crippen LogP contribution < -0.4 is 4.84 Å². The molecule has 0 saturated carbocycles. The van der Waals surface area contributed by atoms with E-state index in [4.69, 9.17) is 4.84 Å². The highest BCUT2D eigenvalue weighted by Gasteiger charge is 2.34. The van der Waals surface area contributed by atoms with Gasteiger partial charge in [0, 0.05) is 12.2 Å². The number of hydrogen-bond donors (Lipinski definition) is 1. The van der Waals surface area contributed by atoms with Gasteiger partial charge in [0.05, 0.1) is 12.1 Å². The van der Waals surface area contributed by atoms with Crippen molar-refractivity contribution in [2.75, 3.05) is 6.54 Å². The molecule has 3 heterocycles. The average Bonchev–Trinajstić information content (AvgIpc) is 3.24. The van der Waals surface area contributed by atoms with Gasteiger partial charge in [-0.3, -0.25) is 4.79 Å². The molecule has 1 aliphatic heterocycles. The van der Waals surface area contributed by atoms with E-state index in [2.05, 4.69) is 15.3 Å². The first-order valence-corrected chi connectivity index (χ1v) is 8.14. The molecule has 4 rings (SSSR count). The Morgan fingerprint density at radius 2 is 2.16 bits per heavy atom. The Hall–Kier alpha value is -3.16. The minimum absolute atomic E-state index is 0.0455. The largest absolute Gasteiger partial charge is 0.382 e. The molecule has 1 N–H and O–H groups in total.